The summed E-state index contributed by atoms with van der Waals surface area (Å²) in [7, 11) is 3.21. The zero-order valence-corrected chi connectivity index (χ0v) is 14.1. The van der Waals surface area contributed by atoms with Crippen molar-refractivity contribution in [2.45, 2.75) is 0 Å². The molecule has 2 heterocycles. The van der Waals surface area contributed by atoms with E-state index in [0.717, 1.165) is 6.07 Å². The molecule has 134 valence electrons. The first-order valence-electron chi connectivity index (χ1n) is 7.58. The molecular formula is C17H16FN5O3. The Labute approximate surface area is 148 Å². The van der Waals surface area contributed by atoms with Crippen LogP contribution in [0.5, 0.6) is 11.5 Å². The highest BCUT2D eigenvalue weighted by molar-refractivity contribution is 5.93. The van der Waals surface area contributed by atoms with Crippen LogP contribution in [0.4, 0.5) is 14.9 Å². The van der Waals surface area contributed by atoms with Crippen LogP contribution < -0.4 is 15.8 Å². The average molecular weight is 357 g/mol. The molecule has 0 radical (unpaired) electrons. The van der Waals surface area contributed by atoms with Crippen molar-refractivity contribution in [1.82, 2.24) is 14.5 Å². The quantitative estimate of drug-likeness (QED) is 0.749. The molecule has 0 bridgehead atoms. The van der Waals surface area contributed by atoms with Crippen LogP contribution in [-0.4, -0.2) is 40.5 Å². The Bertz CT molecular complexity index is 999. The van der Waals surface area contributed by atoms with Crippen LogP contribution >= 0.6 is 0 Å². The first-order chi connectivity index (χ1) is 12.3. The molecule has 0 saturated carbocycles. The molecule has 0 aliphatic carbocycles. The third-order valence-electron chi connectivity index (χ3n) is 3.56. The number of carbonyl (C=O) groups is 2. The van der Waals surface area contributed by atoms with Crippen molar-refractivity contribution in [2.24, 2.45) is 5.73 Å². The van der Waals surface area contributed by atoms with Gasteiger partial charge in [0, 0.05) is 25.7 Å². The van der Waals surface area contributed by atoms with E-state index in [2.05, 4.69) is 10.4 Å². The van der Waals surface area contributed by atoms with Crippen LogP contribution in [0.2, 0.25) is 0 Å². The molecule has 26 heavy (non-hydrogen) atoms. The SMILES string of the molecule is CN(C)C(=O)Nc1cc(Oc2ccc(C(N)=O)cc2F)c2ccnn2c1. The van der Waals surface area contributed by atoms with E-state index in [1.807, 2.05) is 0 Å². The molecule has 3 aromatic rings. The number of nitrogens with one attached hydrogen (secondary N) is 1. The number of nitrogens with two attached hydrogens (primary N) is 1. The Morgan fingerprint density at radius 3 is 2.65 bits per heavy atom. The van der Waals surface area contributed by atoms with Crippen LogP contribution in [0, 0.1) is 5.82 Å². The van der Waals surface area contributed by atoms with E-state index in [0.29, 0.717) is 11.2 Å². The summed E-state index contributed by atoms with van der Waals surface area (Å²) in [4.78, 5) is 24.3. The van der Waals surface area contributed by atoms with Crippen molar-refractivity contribution in [3.8, 4) is 11.5 Å². The van der Waals surface area contributed by atoms with E-state index in [4.69, 9.17) is 10.5 Å². The van der Waals surface area contributed by atoms with Gasteiger partial charge < -0.3 is 20.7 Å². The zero-order chi connectivity index (χ0) is 18.8. The molecule has 3 amide bonds. The molecule has 0 fully saturated rings. The highest BCUT2D eigenvalue weighted by Gasteiger charge is 2.14. The number of urea groups is 1. The number of pyridine rings is 1. The molecule has 2 aromatic heterocycles. The molecule has 0 saturated heterocycles. The maximum absolute atomic E-state index is 14.2. The number of nitrogens with zero attached hydrogens (tertiary/aromatic N) is 3. The molecule has 9 heteroatoms. The van der Waals surface area contributed by atoms with Gasteiger partial charge in [0.1, 0.15) is 5.52 Å². The number of ether oxygens (including phenoxy) is 1. The van der Waals surface area contributed by atoms with Crippen molar-refractivity contribution in [3.63, 3.8) is 0 Å². The van der Waals surface area contributed by atoms with E-state index < -0.39 is 11.7 Å². The highest BCUT2D eigenvalue weighted by Crippen LogP contribution is 2.31. The minimum absolute atomic E-state index is 0.0383. The maximum Gasteiger partial charge on any atom is 0.321 e. The van der Waals surface area contributed by atoms with Gasteiger partial charge in [-0.2, -0.15) is 5.10 Å². The number of benzene rings is 1. The summed E-state index contributed by atoms with van der Waals surface area (Å²) in [5, 5.41) is 6.79. The third kappa shape index (κ3) is 3.41. The van der Waals surface area contributed by atoms with Crippen LogP contribution in [0.3, 0.4) is 0 Å². The molecule has 0 atom stereocenters. The summed E-state index contributed by atoms with van der Waals surface area (Å²) in [5.74, 6) is -1.28. The lowest BCUT2D eigenvalue weighted by molar-refractivity contribution is 0.1000. The van der Waals surface area contributed by atoms with Crippen LogP contribution in [-0.2, 0) is 0 Å². The summed E-state index contributed by atoms with van der Waals surface area (Å²) in [6.07, 6.45) is 3.16. The minimum atomic E-state index is -0.735. The highest BCUT2D eigenvalue weighted by atomic mass is 19.1. The number of primary amides is 1. The second kappa shape index (κ2) is 6.71. The van der Waals surface area contributed by atoms with Gasteiger partial charge in [0.15, 0.2) is 17.3 Å². The van der Waals surface area contributed by atoms with Crippen LogP contribution in [0.25, 0.3) is 5.52 Å². The predicted octanol–water partition coefficient (Wildman–Crippen LogP) is 2.46. The van der Waals surface area contributed by atoms with Gasteiger partial charge in [-0.25, -0.2) is 13.7 Å². The van der Waals surface area contributed by atoms with Gasteiger partial charge in [0.2, 0.25) is 5.91 Å². The molecule has 0 unspecified atom stereocenters. The van der Waals surface area contributed by atoms with Gasteiger partial charge in [0.25, 0.3) is 0 Å². The standard InChI is InChI=1S/C17H16FN5O3/c1-22(2)17(25)21-11-8-15(13-5-6-20-23(13)9-11)26-14-4-3-10(16(19)24)7-12(14)18/h3-9H,1-2H3,(H2,19,24)(H,21,25). The molecule has 0 spiro atoms. The zero-order valence-electron chi connectivity index (χ0n) is 14.1. The number of anilines is 1. The summed E-state index contributed by atoms with van der Waals surface area (Å²) in [6, 6.07) is 6.59. The molecule has 3 N–H and O–H groups in total. The smallest absolute Gasteiger partial charge is 0.321 e. The van der Waals surface area contributed by atoms with Gasteiger partial charge >= 0.3 is 6.03 Å². The summed E-state index contributed by atoms with van der Waals surface area (Å²) < 4.78 is 21.3. The maximum atomic E-state index is 14.2. The van der Waals surface area contributed by atoms with Crippen LogP contribution in [0.1, 0.15) is 10.4 Å². The topological polar surface area (TPSA) is 102 Å². The number of hydrogen-bond donors (Lipinski definition) is 2. The van der Waals surface area contributed by atoms with E-state index in [1.165, 1.54) is 21.5 Å². The normalized spacial score (nSPS) is 10.6. The monoisotopic (exact) mass is 357 g/mol. The Balaban J connectivity index is 1.97. The number of amides is 3. The summed E-state index contributed by atoms with van der Waals surface area (Å²) in [6.45, 7) is 0. The van der Waals surface area contributed by atoms with E-state index in [1.54, 1.807) is 38.6 Å². The third-order valence-corrected chi connectivity index (χ3v) is 3.56. The number of rotatable bonds is 4. The fourth-order valence-corrected chi connectivity index (χ4v) is 2.24. The fourth-order valence-electron chi connectivity index (χ4n) is 2.24. The molecule has 0 aliphatic rings. The molecule has 3 rings (SSSR count). The first-order valence-corrected chi connectivity index (χ1v) is 7.58. The fraction of sp³-hybridized carbons (Fsp3) is 0.118. The Morgan fingerprint density at radius 1 is 1.23 bits per heavy atom. The number of hydrogen-bond acceptors (Lipinski definition) is 4. The largest absolute Gasteiger partial charge is 0.452 e. The number of halogens is 1. The lowest BCUT2D eigenvalue weighted by atomic mass is 10.2. The van der Waals surface area contributed by atoms with Gasteiger partial charge in [-0.15, -0.1) is 0 Å². The Hall–Kier alpha value is -3.62. The predicted molar refractivity (Wildman–Crippen MR) is 92.9 cm³/mol. The number of aromatic nitrogens is 2. The molecule has 0 aliphatic heterocycles. The van der Waals surface area contributed by atoms with Crippen molar-refractivity contribution in [1.29, 1.82) is 0 Å². The molecular weight excluding hydrogens is 341 g/mol. The van der Waals surface area contributed by atoms with Gasteiger partial charge in [-0.1, -0.05) is 0 Å². The van der Waals surface area contributed by atoms with Crippen LogP contribution in [0.15, 0.2) is 42.7 Å². The van der Waals surface area contributed by atoms with E-state index >= 15 is 0 Å². The Morgan fingerprint density at radius 2 is 2.00 bits per heavy atom. The first kappa shape index (κ1) is 17.2. The van der Waals surface area contributed by atoms with Gasteiger partial charge in [0.05, 0.1) is 18.1 Å². The number of carbonyl (C=O) groups excluding carboxylic acids is 2. The van der Waals surface area contributed by atoms with Crippen molar-refractivity contribution in [3.05, 3.63) is 54.1 Å². The van der Waals surface area contributed by atoms with E-state index in [9.17, 15) is 14.0 Å². The van der Waals surface area contributed by atoms with Crippen molar-refractivity contribution < 1.29 is 18.7 Å². The summed E-state index contributed by atoms with van der Waals surface area (Å²) in [5.41, 5.74) is 6.17. The Kier molecular flexibility index (Phi) is 4.44. The summed E-state index contributed by atoms with van der Waals surface area (Å²) >= 11 is 0. The second-order valence-corrected chi connectivity index (χ2v) is 5.69. The van der Waals surface area contributed by atoms with Crippen molar-refractivity contribution in [2.75, 3.05) is 19.4 Å². The van der Waals surface area contributed by atoms with Gasteiger partial charge in [-0.3, -0.25) is 4.79 Å². The second-order valence-electron chi connectivity index (χ2n) is 5.69. The van der Waals surface area contributed by atoms with Crippen molar-refractivity contribution >= 4 is 23.1 Å². The lowest BCUT2D eigenvalue weighted by Crippen LogP contribution is -2.27. The molecule has 1 aromatic carbocycles. The number of fused-ring (bicyclic) bond motifs is 1. The minimum Gasteiger partial charge on any atom is -0.452 e. The van der Waals surface area contributed by atoms with Gasteiger partial charge in [-0.05, 0) is 24.3 Å². The van der Waals surface area contributed by atoms with E-state index in [-0.39, 0.29) is 23.1 Å². The average Bonchev–Trinajstić information content (AvgIpc) is 3.05. The molecule has 8 nitrogen and oxygen atoms in total. The lowest BCUT2D eigenvalue weighted by Gasteiger charge is -2.14.